The van der Waals surface area contributed by atoms with Crippen LogP contribution in [0.2, 0.25) is 0 Å². The molecule has 0 saturated carbocycles. The van der Waals surface area contributed by atoms with E-state index in [4.69, 9.17) is 0 Å². The Morgan fingerprint density at radius 1 is 1.08 bits per heavy atom. The summed E-state index contributed by atoms with van der Waals surface area (Å²) in [6, 6.07) is 16.9. The molecule has 2 aromatic carbocycles. The molecule has 1 aromatic heterocycles. The smallest absolute Gasteiger partial charge is 0.00705 e. The Morgan fingerprint density at radius 3 is 2.25 bits per heavy atom. The third-order valence-corrected chi connectivity index (χ3v) is 3.57. The fraction of sp³-hybridized carbons (Fsp3) is 0.150. The van der Waals surface area contributed by atoms with Crippen LogP contribution in [0.15, 0.2) is 79.2 Å². The first-order valence-corrected chi connectivity index (χ1v) is 18.8. The molecule has 4 heteroatoms. The largest absolute Gasteiger partial charge is 0.342 e. The second-order valence-corrected chi connectivity index (χ2v) is 17.2. The van der Waals surface area contributed by atoms with Gasteiger partial charge >= 0.3 is 43.0 Å². The van der Waals surface area contributed by atoms with Crippen LogP contribution >= 0.6 is 24.4 Å². The standard InChI is InChI=1S/C13H10N.C7H9.2BrH.Zr/c1-2-6-12-10-13(9-11(12)5-1)14-7-3-4-8-14;1-7(2)5-3-4-6-7;;;/h1-10H;3-5H,1-2H3;2*1H;/q2*-1;;;+4/p-2. The first kappa shape index (κ1) is 19.8. The van der Waals surface area contributed by atoms with Crippen LogP contribution in [0.5, 0.6) is 0 Å². The predicted octanol–water partition coefficient (Wildman–Crippen LogP) is 6.98. The average Bonchev–Trinajstić information content (AvgIpc) is 3.27. The summed E-state index contributed by atoms with van der Waals surface area (Å²) < 4.78 is 2.12. The van der Waals surface area contributed by atoms with E-state index >= 15 is 0 Å². The molecule has 0 unspecified atom stereocenters. The monoisotopic (exact) mass is 521 g/mol. The second kappa shape index (κ2) is 9.80. The van der Waals surface area contributed by atoms with Crippen molar-refractivity contribution in [3.05, 3.63) is 85.2 Å². The molecule has 0 atom stereocenters. The number of fused-ring (bicyclic) bond motifs is 1. The minimum absolute atomic E-state index is 0.145. The molecule has 0 amide bonds. The number of allylic oxidation sites excluding steroid dienone is 4. The van der Waals surface area contributed by atoms with Crippen molar-refractivity contribution in [2.24, 2.45) is 5.41 Å². The molecular formula is C20H19Br2NZr. The van der Waals surface area contributed by atoms with E-state index < -0.39 is 0 Å². The fourth-order valence-corrected chi connectivity index (χ4v) is 2.39. The molecule has 3 aromatic rings. The molecular weight excluding hydrogens is 505 g/mol. The normalized spacial score (nSPS) is 13.7. The number of rotatable bonds is 1. The minimum Gasteiger partial charge on any atom is -0.342 e. The van der Waals surface area contributed by atoms with Gasteiger partial charge in [-0.2, -0.15) is 6.08 Å². The van der Waals surface area contributed by atoms with Crippen LogP contribution in [0.1, 0.15) is 13.8 Å². The van der Waals surface area contributed by atoms with E-state index in [1.807, 2.05) is 24.3 Å². The summed E-state index contributed by atoms with van der Waals surface area (Å²) in [5.41, 5.74) is 1.44. The van der Waals surface area contributed by atoms with Gasteiger partial charge in [-0.05, 0) is 17.8 Å². The summed E-state index contributed by atoms with van der Waals surface area (Å²) >= 11 is 6.32. The summed E-state index contributed by atoms with van der Waals surface area (Å²) in [7, 11) is 0. The third kappa shape index (κ3) is 6.06. The molecule has 1 heterocycles. The van der Waals surface area contributed by atoms with Crippen molar-refractivity contribution in [2.75, 3.05) is 0 Å². The maximum absolute atomic E-state index is 3.23. The van der Waals surface area contributed by atoms with Crippen LogP contribution < -0.4 is 0 Å². The van der Waals surface area contributed by atoms with E-state index in [2.05, 4.69) is 104 Å². The van der Waals surface area contributed by atoms with Gasteiger partial charge in [0, 0.05) is 12.4 Å². The zero-order chi connectivity index (χ0) is 17.4. The van der Waals surface area contributed by atoms with Gasteiger partial charge < -0.3 is 4.57 Å². The van der Waals surface area contributed by atoms with Crippen LogP contribution in [-0.4, -0.2) is 4.57 Å². The maximum atomic E-state index is 3.23. The van der Waals surface area contributed by atoms with Gasteiger partial charge in [0.15, 0.2) is 0 Å². The Labute approximate surface area is 167 Å². The first-order chi connectivity index (χ1) is 11.6. The van der Waals surface area contributed by atoms with Gasteiger partial charge in [0.05, 0.1) is 0 Å². The predicted molar refractivity (Wildman–Crippen MR) is 107 cm³/mol. The average molecular weight is 524 g/mol. The van der Waals surface area contributed by atoms with Gasteiger partial charge in [-0.1, -0.05) is 25.3 Å². The summed E-state index contributed by atoms with van der Waals surface area (Å²) in [5, 5.41) is 2.60. The number of nitrogens with zero attached hydrogens (tertiary/aromatic N) is 1. The summed E-state index contributed by atoms with van der Waals surface area (Å²) in [4.78, 5) is 0. The topological polar surface area (TPSA) is 4.93 Å². The zero-order valence-corrected chi connectivity index (χ0v) is 19.3. The minimum atomic E-state index is -0.145. The number of hydrogen-bond acceptors (Lipinski definition) is 0. The first-order valence-electron chi connectivity index (χ1n) is 7.59. The molecule has 1 aliphatic rings. The molecule has 122 valence electrons. The van der Waals surface area contributed by atoms with Gasteiger partial charge in [0.1, 0.15) is 0 Å². The molecule has 0 N–H and O–H groups in total. The Bertz CT molecular complexity index is 751. The molecule has 0 bridgehead atoms. The quantitative estimate of drug-likeness (QED) is 0.303. The van der Waals surface area contributed by atoms with Gasteiger partial charge in [-0.25, -0.2) is 12.2 Å². The third-order valence-electron chi connectivity index (χ3n) is 3.57. The van der Waals surface area contributed by atoms with E-state index in [0.29, 0.717) is 0 Å². The van der Waals surface area contributed by atoms with E-state index in [1.165, 1.54) is 16.5 Å². The van der Waals surface area contributed by atoms with Gasteiger partial charge in [-0.3, -0.25) is 6.08 Å². The SMILES string of the molecule is CC1(C)[C-]=CC=C1.[Br][Zr+2][Br].c1ccc2[cH-]c(-n3cccc3)cc2c1. The van der Waals surface area contributed by atoms with Gasteiger partial charge in [-0.15, -0.1) is 41.1 Å². The number of benzene rings is 1. The molecule has 0 radical (unpaired) electrons. The van der Waals surface area contributed by atoms with Crippen LogP contribution in [0.25, 0.3) is 16.5 Å². The number of aromatic nitrogens is 1. The fourth-order valence-electron chi connectivity index (χ4n) is 2.39. The van der Waals surface area contributed by atoms with E-state index in [9.17, 15) is 0 Å². The Morgan fingerprint density at radius 2 is 1.75 bits per heavy atom. The number of halogens is 2. The molecule has 0 spiro atoms. The Hall–Kier alpha value is -0.567. The Kier molecular flexibility index (Phi) is 8.06. The summed E-state index contributed by atoms with van der Waals surface area (Å²) in [5.74, 6) is 0. The van der Waals surface area contributed by atoms with Gasteiger partial charge in [0.25, 0.3) is 0 Å². The van der Waals surface area contributed by atoms with Crippen molar-refractivity contribution in [1.29, 1.82) is 0 Å². The van der Waals surface area contributed by atoms with Crippen LogP contribution in [0, 0.1) is 11.5 Å². The molecule has 4 rings (SSSR count). The maximum Gasteiger partial charge on any atom is 0.00705 e. The van der Waals surface area contributed by atoms with Crippen molar-refractivity contribution >= 4 is 35.2 Å². The van der Waals surface area contributed by atoms with Crippen molar-refractivity contribution in [3.63, 3.8) is 0 Å². The van der Waals surface area contributed by atoms with Crippen LogP contribution in [0.3, 0.4) is 0 Å². The van der Waals surface area contributed by atoms with Gasteiger partial charge in [0.2, 0.25) is 0 Å². The molecule has 0 aliphatic heterocycles. The van der Waals surface area contributed by atoms with E-state index in [-0.39, 0.29) is 24.0 Å². The number of hydrogen-bond donors (Lipinski definition) is 0. The molecule has 0 fully saturated rings. The zero-order valence-electron chi connectivity index (χ0n) is 13.7. The van der Waals surface area contributed by atoms with E-state index in [0.717, 1.165) is 0 Å². The van der Waals surface area contributed by atoms with Crippen molar-refractivity contribution in [2.45, 2.75) is 13.8 Å². The Balaban J connectivity index is 0.000000176. The molecule has 24 heavy (non-hydrogen) atoms. The van der Waals surface area contributed by atoms with E-state index in [1.54, 1.807) is 0 Å². The van der Waals surface area contributed by atoms with Crippen molar-refractivity contribution in [3.8, 4) is 5.69 Å². The summed E-state index contributed by atoms with van der Waals surface area (Å²) in [6.45, 7) is 4.26. The van der Waals surface area contributed by atoms with Crippen LogP contribution in [-0.2, 0) is 18.5 Å². The summed E-state index contributed by atoms with van der Waals surface area (Å²) in [6.07, 6.45) is 13.4. The van der Waals surface area contributed by atoms with Crippen molar-refractivity contribution in [1.82, 2.24) is 4.57 Å². The molecule has 1 nitrogen and oxygen atoms in total. The molecule has 0 saturated heterocycles. The second-order valence-electron chi connectivity index (χ2n) is 5.90. The molecule has 1 aliphatic carbocycles. The van der Waals surface area contributed by atoms with Crippen molar-refractivity contribution < 1.29 is 18.5 Å². The van der Waals surface area contributed by atoms with Crippen LogP contribution in [0.4, 0.5) is 0 Å².